The number of ether oxygens (including phenoxy) is 1. The minimum atomic E-state index is -0.986. The molecule has 3 aromatic rings. The molecule has 2 saturated carbocycles. The highest BCUT2D eigenvalue weighted by atomic mass is 19.1. The highest BCUT2D eigenvalue weighted by Crippen LogP contribution is 2.37. The molecule has 2 aliphatic carbocycles. The highest BCUT2D eigenvalue weighted by Gasteiger charge is 2.40. The Bertz CT molecular complexity index is 1240. The van der Waals surface area contributed by atoms with Crippen molar-refractivity contribution in [2.75, 3.05) is 19.5 Å². The molecule has 168 valence electrons. The van der Waals surface area contributed by atoms with E-state index in [-0.39, 0.29) is 29.3 Å². The average molecular weight is 442 g/mol. The molecule has 0 radical (unpaired) electrons. The van der Waals surface area contributed by atoms with E-state index in [4.69, 9.17) is 4.74 Å². The summed E-state index contributed by atoms with van der Waals surface area (Å²) in [6, 6.07) is 4.61. The molecule has 4 N–H and O–H groups in total. The first-order valence-electron chi connectivity index (χ1n) is 10.6. The third-order valence-electron chi connectivity index (χ3n) is 6.15. The number of halogens is 1. The molecular formula is C21H25FN7O3+. The fraction of sp³-hybridized carbons (Fsp3) is 0.429. The van der Waals surface area contributed by atoms with Gasteiger partial charge in [0.25, 0.3) is 11.5 Å². The number of nitrogens with one attached hydrogen (secondary N) is 2. The van der Waals surface area contributed by atoms with Gasteiger partial charge in [-0.3, -0.25) is 14.9 Å². The van der Waals surface area contributed by atoms with E-state index in [1.165, 1.54) is 10.8 Å². The van der Waals surface area contributed by atoms with Crippen LogP contribution >= 0.6 is 0 Å². The van der Waals surface area contributed by atoms with Gasteiger partial charge in [-0.05, 0) is 25.0 Å². The van der Waals surface area contributed by atoms with Gasteiger partial charge >= 0.3 is 0 Å². The first-order chi connectivity index (χ1) is 15.5. The summed E-state index contributed by atoms with van der Waals surface area (Å²) in [5.41, 5.74) is 0.676. The van der Waals surface area contributed by atoms with Gasteiger partial charge in [0.1, 0.15) is 23.2 Å². The first kappa shape index (κ1) is 20.6. The van der Waals surface area contributed by atoms with Crippen LogP contribution in [0.1, 0.15) is 35.7 Å². The molecule has 3 heterocycles. The number of pyridine rings is 1. The number of rotatable bonds is 7. The van der Waals surface area contributed by atoms with E-state index in [1.54, 1.807) is 36.0 Å². The summed E-state index contributed by atoms with van der Waals surface area (Å²) in [6.07, 6.45) is 4.23. The Morgan fingerprint density at radius 1 is 1.38 bits per heavy atom. The molecule has 1 amide bonds. The van der Waals surface area contributed by atoms with E-state index in [2.05, 4.69) is 20.7 Å². The van der Waals surface area contributed by atoms with Crippen molar-refractivity contribution in [1.82, 2.24) is 24.5 Å². The molecule has 2 fully saturated rings. The van der Waals surface area contributed by atoms with Crippen molar-refractivity contribution >= 4 is 28.9 Å². The zero-order chi connectivity index (χ0) is 22.4. The van der Waals surface area contributed by atoms with Gasteiger partial charge in [0.15, 0.2) is 5.65 Å². The number of carbonyl (C=O) groups excluding carboxylic acids is 1. The molecule has 5 rings (SSSR count). The molecular weight excluding hydrogens is 417 g/mol. The van der Waals surface area contributed by atoms with Crippen LogP contribution < -0.4 is 21.5 Å². The number of aromatic nitrogens is 4. The summed E-state index contributed by atoms with van der Waals surface area (Å²) in [5.74, 6) is 0.821. The molecule has 0 spiro atoms. The van der Waals surface area contributed by atoms with Crippen molar-refractivity contribution in [3.05, 3.63) is 46.5 Å². The number of methoxy groups -OCH3 is 1. The SMILES string of the molecule is C[NH2+]c1cc(Nc2cccn(C3CC3F)c2=O)nc2c(C(=O)NC3CCC3OC)cnn12. The molecule has 0 aliphatic heterocycles. The number of anilines is 2. The monoisotopic (exact) mass is 442 g/mol. The maximum absolute atomic E-state index is 13.5. The molecule has 3 aromatic heterocycles. The molecule has 4 unspecified atom stereocenters. The van der Waals surface area contributed by atoms with Crippen molar-refractivity contribution in [1.29, 1.82) is 0 Å². The van der Waals surface area contributed by atoms with Gasteiger partial charge in [0, 0.05) is 19.7 Å². The fourth-order valence-corrected chi connectivity index (χ4v) is 4.02. The quantitative estimate of drug-likeness (QED) is 0.494. The number of hydrogen-bond acceptors (Lipinski definition) is 6. The summed E-state index contributed by atoms with van der Waals surface area (Å²) in [5, 5.41) is 12.2. The van der Waals surface area contributed by atoms with Gasteiger partial charge in [0.05, 0.1) is 37.5 Å². The molecule has 0 bridgehead atoms. The summed E-state index contributed by atoms with van der Waals surface area (Å²) < 4.78 is 21.8. The van der Waals surface area contributed by atoms with Crippen LogP contribution in [0.5, 0.6) is 0 Å². The second-order valence-electron chi connectivity index (χ2n) is 8.16. The topological polar surface area (TPSA) is 119 Å². The number of hydrogen-bond donors (Lipinski definition) is 3. The van der Waals surface area contributed by atoms with Gasteiger partial charge < -0.3 is 19.9 Å². The Hall–Kier alpha value is -3.31. The molecule has 0 saturated heterocycles. The summed E-state index contributed by atoms with van der Waals surface area (Å²) >= 11 is 0. The lowest BCUT2D eigenvalue weighted by atomic mass is 9.89. The normalized spacial score (nSPS) is 24.2. The van der Waals surface area contributed by atoms with E-state index in [0.717, 1.165) is 12.8 Å². The zero-order valence-corrected chi connectivity index (χ0v) is 17.8. The Morgan fingerprint density at radius 3 is 2.84 bits per heavy atom. The van der Waals surface area contributed by atoms with Crippen molar-refractivity contribution in [2.45, 2.75) is 43.6 Å². The van der Waals surface area contributed by atoms with E-state index in [9.17, 15) is 14.0 Å². The van der Waals surface area contributed by atoms with Gasteiger partial charge in [-0.15, -0.1) is 0 Å². The number of fused-ring (bicyclic) bond motifs is 1. The van der Waals surface area contributed by atoms with E-state index in [1.807, 2.05) is 12.4 Å². The van der Waals surface area contributed by atoms with Gasteiger partial charge in [0.2, 0.25) is 5.82 Å². The number of nitrogens with two attached hydrogens (primary N) is 1. The highest BCUT2D eigenvalue weighted by molar-refractivity contribution is 6.00. The molecule has 2 aliphatic rings. The predicted molar refractivity (Wildman–Crippen MR) is 114 cm³/mol. The van der Waals surface area contributed by atoms with E-state index >= 15 is 0 Å². The summed E-state index contributed by atoms with van der Waals surface area (Å²) in [6.45, 7) is 0. The zero-order valence-electron chi connectivity index (χ0n) is 17.8. The Kier molecular flexibility index (Phi) is 5.14. The number of quaternary nitrogens is 1. The molecule has 32 heavy (non-hydrogen) atoms. The lowest BCUT2D eigenvalue weighted by molar-refractivity contribution is -0.544. The lowest BCUT2D eigenvalue weighted by Gasteiger charge is -2.35. The van der Waals surface area contributed by atoms with Gasteiger partial charge in [-0.25, -0.2) is 9.37 Å². The Morgan fingerprint density at radius 2 is 2.19 bits per heavy atom. The third-order valence-corrected chi connectivity index (χ3v) is 6.15. The molecule has 11 heteroatoms. The number of carbonyl (C=O) groups is 1. The molecule has 10 nitrogen and oxygen atoms in total. The Labute approximate surface area is 182 Å². The summed E-state index contributed by atoms with van der Waals surface area (Å²) in [7, 11) is 3.48. The number of nitrogens with zero attached hydrogens (tertiary/aromatic N) is 4. The van der Waals surface area contributed by atoms with Crippen molar-refractivity contribution in [2.24, 2.45) is 0 Å². The lowest BCUT2D eigenvalue weighted by Crippen LogP contribution is -2.73. The summed E-state index contributed by atoms with van der Waals surface area (Å²) in [4.78, 5) is 30.2. The molecule has 0 aromatic carbocycles. The predicted octanol–water partition coefficient (Wildman–Crippen LogP) is 0.649. The third kappa shape index (κ3) is 3.53. The van der Waals surface area contributed by atoms with Gasteiger partial charge in [-0.1, -0.05) is 0 Å². The van der Waals surface area contributed by atoms with Crippen LogP contribution in [0.2, 0.25) is 0 Å². The smallest absolute Gasteiger partial charge is 0.274 e. The van der Waals surface area contributed by atoms with E-state index in [0.29, 0.717) is 29.3 Å². The second-order valence-corrected chi connectivity index (χ2v) is 8.16. The van der Waals surface area contributed by atoms with Crippen LogP contribution in [0.25, 0.3) is 5.65 Å². The Balaban J connectivity index is 1.46. The minimum Gasteiger partial charge on any atom is -0.379 e. The van der Waals surface area contributed by atoms with Crippen LogP contribution in [0.3, 0.4) is 0 Å². The molecule has 4 atom stereocenters. The van der Waals surface area contributed by atoms with Crippen molar-refractivity contribution in [3.8, 4) is 0 Å². The number of amides is 1. The first-order valence-corrected chi connectivity index (χ1v) is 10.6. The van der Waals surface area contributed by atoms with Crippen LogP contribution in [0.4, 0.5) is 21.7 Å². The van der Waals surface area contributed by atoms with Crippen LogP contribution in [0, 0.1) is 0 Å². The maximum Gasteiger partial charge on any atom is 0.274 e. The maximum atomic E-state index is 13.5. The largest absolute Gasteiger partial charge is 0.379 e. The minimum absolute atomic E-state index is 0.0150. The van der Waals surface area contributed by atoms with Gasteiger partial charge in [-0.2, -0.15) is 9.61 Å². The van der Waals surface area contributed by atoms with Crippen molar-refractivity contribution < 1.29 is 19.2 Å². The second kappa shape index (κ2) is 7.99. The van der Waals surface area contributed by atoms with Crippen LogP contribution in [-0.4, -0.2) is 57.5 Å². The average Bonchev–Trinajstić information content (AvgIpc) is 3.33. The van der Waals surface area contributed by atoms with Crippen molar-refractivity contribution in [3.63, 3.8) is 0 Å². The number of alkyl halides is 1. The fourth-order valence-electron chi connectivity index (χ4n) is 4.02. The standard InChI is InChI=1S/C21H24FN7O3/c1-23-18-9-17(25-14-4-3-7-28(21(14)31)15-8-12(15)22)27-19-11(10-24-29(18)19)20(30)26-13-5-6-16(13)32-2/h3-4,7,9-10,12-13,15-16,23H,5-6,8H2,1-2H3,(H,25,27)(H,26,30)/p+1. The van der Waals surface area contributed by atoms with Crippen LogP contribution in [-0.2, 0) is 4.74 Å². The van der Waals surface area contributed by atoms with Crippen LogP contribution in [0.15, 0.2) is 35.4 Å². The van der Waals surface area contributed by atoms with E-state index < -0.39 is 12.2 Å².